The predicted octanol–water partition coefficient (Wildman–Crippen LogP) is 5.24. The molecule has 0 heterocycles. The minimum absolute atomic E-state index is 0.0412. The number of hydrogen-bond donors (Lipinski definition) is 1. The fourth-order valence-corrected chi connectivity index (χ4v) is 6.38. The normalized spacial score (nSPS) is 15.1. The summed E-state index contributed by atoms with van der Waals surface area (Å²) in [5.74, 6) is -0.838. The standard InChI is InChI=1S/C28H31Cl2N3O4S/c1-19(28(35)31-22-10-5-6-11-22)33(17-24-25(29)12-7-13-26(24)30)27(34)18-32(2)38(36,37)23-15-14-20-8-3-4-9-21(20)16-23/h3-4,7-9,12-16,19,22H,5-6,10-11,17-18H2,1-2H3,(H,31,35)/t19-/m1/s1. The van der Waals surface area contributed by atoms with Crippen LogP contribution in [-0.2, 0) is 26.2 Å². The van der Waals surface area contributed by atoms with Crippen molar-refractivity contribution in [2.45, 2.75) is 56.1 Å². The molecule has 1 fully saturated rings. The summed E-state index contributed by atoms with van der Waals surface area (Å²) >= 11 is 12.8. The van der Waals surface area contributed by atoms with E-state index in [0.717, 1.165) is 40.8 Å². The second-order valence-electron chi connectivity index (χ2n) is 9.66. The fraction of sp³-hybridized carbons (Fsp3) is 0.357. The molecule has 0 bridgehead atoms. The largest absolute Gasteiger partial charge is 0.352 e. The number of nitrogens with zero attached hydrogens (tertiary/aromatic N) is 2. The monoisotopic (exact) mass is 575 g/mol. The molecule has 1 aliphatic carbocycles. The molecule has 1 saturated carbocycles. The van der Waals surface area contributed by atoms with Crippen molar-refractivity contribution in [1.82, 2.24) is 14.5 Å². The highest BCUT2D eigenvalue weighted by molar-refractivity contribution is 7.89. The molecule has 3 aromatic carbocycles. The number of carbonyl (C=O) groups excluding carboxylic acids is 2. The number of fused-ring (bicyclic) bond motifs is 1. The smallest absolute Gasteiger partial charge is 0.243 e. The van der Waals surface area contributed by atoms with Gasteiger partial charge in [-0.05, 0) is 54.8 Å². The molecule has 202 valence electrons. The maximum Gasteiger partial charge on any atom is 0.243 e. The number of amides is 2. The van der Waals surface area contributed by atoms with Crippen molar-refractivity contribution >= 4 is 55.8 Å². The lowest BCUT2D eigenvalue weighted by Crippen LogP contribution is -2.52. The van der Waals surface area contributed by atoms with E-state index < -0.39 is 28.5 Å². The van der Waals surface area contributed by atoms with Crippen LogP contribution in [-0.4, -0.2) is 55.1 Å². The summed E-state index contributed by atoms with van der Waals surface area (Å²) in [7, 11) is -2.63. The number of rotatable bonds is 9. The van der Waals surface area contributed by atoms with Crippen molar-refractivity contribution < 1.29 is 18.0 Å². The van der Waals surface area contributed by atoms with Crippen LogP contribution < -0.4 is 5.32 Å². The molecule has 0 saturated heterocycles. The van der Waals surface area contributed by atoms with Crippen molar-refractivity contribution in [2.75, 3.05) is 13.6 Å². The van der Waals surface area contributed by atoms with Gasteiger partial charge in [0.1, 0.15) is 6.04 Å². The second-order valence-corrected chi connectivity index (χ2v) is 12.5. The van der Waals surface area contributed by atoms with E-state index in [2.05, 4.69) is 5.32 Å². The first-order valence-electron chi connectivity index (χ1n) is 12.6. The summed E-state index contributed by atoms with van der Waals surface area (Å²) in [4.78, 5) is 28.2. The van der Waals surface area contributed by atoms with Crippen molar-refractivity contribution in [3.63, 3.8) is 0 Å². The van der Waals surface area contributed by atoms with Crippen LogP contribution in [0.3, 0.4) is 0 Å². The Bertz CT molecular complexity index is 1420. The van der Waals surface area contributed by atoms with Crippen molar-refractivity contribution in [2.24, 2.45) is 0 Å². The number of nitrogens with one attached hydrogen (secondary N) is 1. The van der Waals surface area contributed by atoms with E-state index >= 15 is 0 Å². The SMILES string of the molecule is C[C@H](C(=O)NC1CCCC1)N(Cc1c(Cl)cccc1Cl)C(=O)CN(C)S(=O)(=O)c1ccc2ccccc2c1. The first kappa shape index (κ1) is 28.4. The maximum atomic E-state index is 13.6. The van der Waals surface area contributed by atoms with Crippen molar-refractivity contribution in [3.8, 4) is 0 Å². The number of benzene rings is 3. The zero-order valence-electron chi connectivity index (χ0n) is 21.4. The summed E-state index contributed by atoms with van der Waals surface area (Å²) in [6.07, 6.45) is 3.90. The van der Waals surface area contributed by atoms with Gasteiger partial charge >= 0.3 is 0 Å². The van der Waals surface area contributed by atoms with Crippen LogP contribution in [0.4, 0.5) is 0 Å². The number of halogens is 2. The van der Waals surface area contributed by atoms with Gasteiger partial charge in [-0.1, -0.05) is 72.4 Å². The Hall–Kier alpha value is -2.65. The van der Waals surface area contributed by atoms with E-state index in [9.17, 15) is 18.0 Å². The van der Waals surface area contributed by atoms with E-state index in [0.29, 0.717) is 15.6 Å². The molecule has 0 aliphatic heterocycles. The molecule has 0 radical (unpaired) electrons. The molecule has 3 aromatic rings. The molecule has 7 nitrogen and oxygen atoms in total. The van der Waals surface area contributed by atoms with Gasteiger partial charge in [0.05, 0.1) is 11.4 Å². The Morgan fingerprint density at radius 2 is 1.61 bits per heavy atom. The minimum atomic E-state index is -3.98. The zero-order chi connectivity index (χ0) is 27.4. The average Bonchev–Trinajstić information content (AvgIpc) is 3.40. The second kappa shape index (κ2) is 12.0. The molecular weight excluding hydrogens is 545 g/mol. The summed E-state index contributed by atoms with van der Waals surface area (Å²) in [6, 6.07) is 16.5. The van der Waals surface area contributed by atoms with Gasteiger partial charge in [0.2, 0.25) is 21.8 Å². The highest BCUT2D eigenvalue weighted by atomic mass is 35.5. The molecule has 1 aliphatic rings. The van der Waals surface area contributed by atoms with E-state index in [1.54, 1.807) is 37.3 Å². The first-order valence-corrected chi connectivity index (χ1v) is 14.8. The average molecular weight is 577 g/mol. The van der Waals surface area contributed by atoms with E-state index in [1.165, 1.54) is 18.0 Å². The van der Waals surface area contributed by atoms with Gasteiger partial charge in [0.15, 0.2) is 0 Å². The zero-order valence-corrected chi connectivity index (χ0v) is 23.7. The highest BCUT2D eigenvalue weighted by Gasteiger charge is 2.32. The number of likely N-dealkylation sites (N-methyl/N-ethyl adjacent to an activating group) is 1. The van der Waals surface area contributed by atoms with Crippen LogP contribution in [0.15, 0.2) is 65.6 Å². The van der Waals surface area contributed by atoms with Crippen LogP contribution in [0, 0.1) is 0 Å². The lowest BCUT2D eigenvalue weighted by atomic mass is 10.1. The summed E-state index contributed by atoms with van der Waals surface area (Å²) in [5.41, 5.74) is 0.490. The topological polar surface area (TPSA) is 86.8 Å². The third kappa shape index (κ3) is 6.31. The van der Waals surface area contributed by atoms with Gasteiger partial charge in [-0.2, -0.15) is 4.31 Å². The fourth-order valence-electron chi connectivity index (χ4n) is 4.70. The third-order valence-corrected chi connectivity index (χ3v) is 9.55. The van der Waals surface area contributed by atoms with Crippen LogP contribution in [0.25, 0.3) is 10.8 Å². The van der Waals surface area contributed by atoms with Gasteiger partial charge in [-0.3, -0.25) is 9.59 Å². The quantitative estimate of drug-likeness (QED) is 0.378. The maximum absolute atomic E-state index is 13.6. The molecular formula is C28H31Cl2N3O4S. The lowest BCUT2D eigenvalue weighted by Gasteiger charge is -2.31. The molecule has 0 aromatic heterocycles. The van der Waals surface area contributed by atoms with Gasteiger partial charge < -0.3 is 10.2 Å². The minimum Gasteiger partial charge on any atom is -0.352 e. The van der Waals surface area contributed by atoms with E-state index in [-0.39, 0.29) is 23.4 Å². The Morgan fingerprint density at radius 3 is 2.26 bits per heavy atom. The molecule has 0 spiro atoms. The summed E-state index contributed by atoms with van der Waals surface area (Å²) in [6.45, 7) is 1.13. The predicted molar refractivity (Wildman–Crippen MR) is 151 cm³/mol. The van der Waals surface area contributed by atoms with Gasteiger partial charge in [-0.25, -0.2) is 8.42 Å². The van der Waals surface area contributed by atoms with Crippen molar-refractivity contribution in [3.05, 3.63) is 76.3 Å². The Labute approximate surface area is 233 Å². The molecule has 38 heavy (non-hydrogen) atoms. The Morgan fingerprint density at radius 1 is 0.974 bits per heavy atom. The number of hydrogen-bond acceptors (Lipinski definition) is 4. The number of carbonyl (C=O) groups is 2. The van der Waals surface area contributed by atoms with Crippen LogP contribution in [0.2, 0.25) is 10.0 Å². The van der Waals surface area contributed by atoms with E-state index in [4.69, 9.17) is 23.2 Å². The molecule has 2 amide bonds. The highest BCUT2D eigenvalue weighted by Crippen LogP contribution is 2.27. The molecule has 10 heteroatoms. The molecule has 4 rings (SSSR count). The lowest BCUT2D eigenvalue weighted by molar-refractivity contribution is -0.140. The van der Waals surface area contributed by atoms with Gasteiger partial charge in [0, 0.05) is 35.2 Å². The summed E-state index contributed by atoms with van der Waals surface area (Å²) < 4.78 is 27.7. The van der Waals surface area contributed by atoms with Crippen LogP contribution in [0.1, 0.15) is 38.2 Å². The number of sulfonamides is 1. The summed E-state index contributed by atoms with van der Waals surface area (Å²) in [5, 5.41) is 5.43. The van der Waals surface area contributed by atoms with E-state index in [1.807, 2.05) is 24.3 Å². The molecule has 1 N–H and O–H groups in total. The molecule has 1 atom stereocenters. The van der Waals surface area contributed by atoms with Gasteiger partial charge in [-0.15, -0.1) is 0 Å². The third-order valence-electron chi connectivity index (χ3n) is 7.05. The van der Waals surface area contributed by atoms with Crippen LogP contribution >= 0.6 is 23.2 Å². The van der Waals surface area contributed by atoms with Crippen molar-refractivity contribution in [1.29, 1.82) is 0 Å². The Kier molecular flexibility index (Phi) is 8.98. The van der Waals surface area contributed by atoms with Gasteiger partial charge in [0.25, 0.3) is 0 Å². The van der Waals surface area contributed by atoms with Crippen LogP contribution in [0.5, 0.6) is 0 Å². The first-order chi connectivity index (χ1) is 18.1. The molecule has 0 unspecified atom stereocenters. The Balaban J connectivity index is 1.58.